The van der Waals surface area contributed by atoms with E-state index in [1.807, 2.05) is 109 Å². The normalized spacial score (nSPS) is 10.1. The molecule has 6 aromatic carbocycles. The summed E-state index contributed by atoms with van der Waals surface area (Å²) >= 11 is 7.84. The highest BCUT2D eigenvalue weighted by molar-refractivity contribution is 8.00. The van der Waals surface area contributed by atoms with Crippen LogP contribution in [0.4, 0.5) is 0 Å². The van der Waals surface area contributed by atoms with E-state index in [0.29, 0.717) is 11.5 Å². The van der Waals surface area contributed by atoms with Crippen molar-refractivity contribution in [3.63, 3.8) is 0 Å². The molecule has 0 radical (unpaired) electrons. The Morgan fingerprint density at radius 2 is 0.788 bits per heavy atom. The maximum Gasteiger partial charge on any atom is 0.227 e. The maximum atomic E-state index is 11.0. The van der Waals surface area contributed by atoms with Crippen molar-refractivity contribution in [1.29, 1.82) is 5.26 Å². The number of amides is 1. The number of carbonyl (C=O) groups is 1. The van der Waals surface area contributed by atoms with E-state index in [0.717, 1.165) is 0 Å². The van der Waals surface area contributed by atoms with Crippen molar-refractivity contribution < 1.29 is 4.79 Å². The van der Waals surface area contributed by atoms with E-state index in [9.17, 15) is 4.79 Å². The van der Waals surface area contributed by atoms with Crippen LogP contribution in [0.3, 0.4) is 0 Å². The number of hydrogen-bond donors (Lipinski definition) is 2. The summed E-state index contributed by atoms with van der Waals surface area (Å²) in [6, 6.07) is 63.8. The Labute approximate surface area is 325 Å². The Bertz CT molecular complexity index is 1700. The monoisotopic (exact) mass is 740 g/mol. The summed E-state index contributed by atoms with van der Waals surface area (Å²) in [7, 11) is 0. The van der Waals surface area contributed by atoms with Gasteiger partial charge in [-0.05, 0) is 33.4 Å². The molecule has 3 nitrogen and oxygen atoms in total. The van der Waals surface area contributed by atoms with Gasteiger partial charge in [-0.2, -0.15) is 17.9 Å². The van der Waals surface area contributed by atoms with E-state index in [1.54, 1.807) is 23.5 Å². The Balaban J connectivity index is 0.000000204. The van der Waals surface area contributed by atoms with Crippen molar-refractivity contribution in [2.24, 2.45) is 5.73 Å². The lowest BCUT2D eigenvalue weighted by Gasteiger charge is -2.16. The number of nitrogens with two attached hydrogens (primary N) is 1. The minimum Gasteiger partial charge on any atom is -0.369 e. The predicted molar refractivity (Wildman–Crippen MR) is 229 cm³/mol. The van der Waals surface area contributed by atoms with E-state index >= 15 is 0 Å². The van der Waals surface area contributed by atoms with Crippen LogP contribution in [0.1, 0.15) is 69.4 Å². The summed E-state index contributed by atoms with van der Waals surface area (Å²) in [5.41, 5.74) is 12.6. The summed E-state index contributed by atoms with van der Waals surface area (Å²) in [6.45, 7) is 4.25. The molecule has 0 aliphatic rings. The van der Waals surface area contributed by atoms with Crippen LogP contribution in [-0.4, -0.2) is 17.4 Å². The maximum absolute atomic E-state index is 11.0. The third kappa shape index (κ3) is 15.3. The zero-order valence-corrected chi connectivity index (χ0v) is 32.4. The zero-order chi connectivity index (χ0) is 37.2. The molecule has 0 aliphatic heterocycles. The van der Waals surface area contributed by atoms with E-state index < -0.39 is 0 Å². The van der Waals surface area contributed by atoms with Gasteiger partial charge < -0.3 is 5.73 Å². The van der Waals surface area contributed by atoms with Gasteiger partial charge in [-0.25, -0.2) is 0 Å². The molecule has 266 valence electrons. The molecule has 2 N–H and O–H groups in total. The third-order valence-electron chi connectivity index (χ3n) is 7.35. The number of rotatable bonds is 11. The lowest BCUT2D eigenvalue weighted by molar-refractivity contribution is -0.115. The van der Waals surface area contributed by atoms with Gasteiger partial charge in [0.15, 0.2) is 0 Å². The standard InChI is InChI=1S/C15H15NOS.C15H13NS.C13H12S.C3H8/c16-14(17)11-18-15(12-7-3-1-4-8-12)13-9-5-2-6-10-13;16-11-12-17-15(13-7-3-1-4-8-13)14-9-5-2-6-10-14;14-13(11-7-3-1-4-8-11)12-9-5-2-6-10-12;1-3-2/h1-10,15H,11H2,(H2,16,17);1-10,15H,12H2;1-10,13-14H;3H2,1-2H3. The molecule has 0 saturated carbocycles. The topological polar surface area (TPSA) is 66.9 Å². The molecule has 6 heteroatoms. The third-order valence-corrected chi connectivity index (χ3v) is 10.4. The molecule has 0 bridgehead atoms. The van der Waals surface area contributed by atoms with Crippen molar-refractivity contribution >= 4 is 42.1 Å². The van der Waals surface area contributed by atoms with Gasteiger partial charge in [0.05, 0.1) is 33.3 Å². The summed E-state index contributed by atoms with van der Waals surface area (Å²) in [5.74, 6) is 0.556. The highest BCUT2D eigenvalue weighted by Crippen LogP contribution is 2.36. The minimum absolute atomic E-state index is 0.153. The van der Waals surface area contributed by atoms with E-state index in [-0.39, 0.29) is 21.7 Å². The van der Waals surface area contributed by atoms with Crippen LogP contribution >= 0.6 is 36.2 Å². The van der Waals surface area contributed by atoms with Crippen LogP contribution in [0.2, 0.25) is 0 Å². The summed E-state index contributed by atoms with van der Waals surface area (Å²) in [6.07, 6.45) is 1.25. The number of carbonyl (C=O) groups excluding carboxylic acids is 1. The van der Waals surface area contributed by atoms with Gasteiger partial charge in [0.1, 0.15) is 0 Å². The first-order valence-corrected chi connectivity index (χ1v) is 20.0. The van der Waals surface area contributed by atoms with Crippen molar-refractivity contribution in [3.05, 3.63) is 215 Å². The number of hydrogen-bond acceptors (Lipinski definition) is 5. The second-order valence-electron chi connectivity index (χ2n) is 11.6. The Morgan fingerprint density at radius 3 is 1.04 bits per heavy atom. The summed E-state index contributed by atoms with van der Waals surface area (Å²) < 4.78 is 0. The minimum atomic E-state index is -0.281. The van der Waals surface area contributed by atoms with Crippen LogP contribution in [0.25, 0.3) is 0 Å². The van der Waals surface area contributed by atoms with Gasteiger partial charge >= 0.3 is 0 Å². The van der Waals surface area contributed by atoms with Gasteiger partial charge in [0.2, 0.25) is 5.91 Å². The van der Waals surface area contributed by atoms with Crippen molar-refractivity contribution in [1.82, 2.24) is 0 Å². The van der Waals surface area contributed by atoms with Crippen molar-refractivity contribution in [3.8, 4) is 6.07 Å². The number of thiol groups is 1. The molecule has 0 saturated heterocycles. The molecule has 0 aliphatic carbocycles. The smallest absolute Gasteiger partial charge is 0.227 e. The highest BCUT2D eigenvalue weighted by atomic mass is 32.2. The predicted octanol–water partition coefficient (Wildman–Crippen LogP) is 12.1. The fraction of sp³-hybridized carbons (Fsp3) is 0.174. The molecular weight excluding hydrogens is 693 g/mol. The Morgan fingerprint density at radius 1 is 0.538 bits per heavy atom. The molecule has 1 amide bonds. The summed E-state index contributed by atoms with van der Waals surface area (Å²) in [4.78, 5) is 11.0. The first kappa shape index (κ1) is 41.7. The van der Waals surface area contributed by atoms with Crippen LogP contribution in [0.5, 0.6) is 0 Å². The molecule has 0 atom stereocenters. The molecule has 6 aromatic rings. The van der Waals surface area contributed by atoms with E-state index in [1.165, 1.54) is 39.8 Å². The molecule has 6 rings (SSSR count). The molecule has 0 heterocycles. The second kappa shape index (κ2) is 25.3. The average molecular weight is 741 g/mol. The van der Waals surface area contributed by atoms with Crippen LogP contribution in [0, 0.1) is 11.3 Å². The van der Waals surface area contributed by atoms with Crippen molar-refractivity contribution in [2.45, 2.75) is 36.0 Å². The number of thioether (sulfide) groups is 2. The van der Waals surface area contributed by atoms with E-state index in [4.69, 9.17) is 11.0 Å². The lowest BCUT2D eigenvalue weighted by Crippen LogP contribution is -2.14. The molecule has 0 unspecified atom stereocenters. The van der Waals surface area contributed by atoms with Gasteiger partial charge in [0.25, 0.3) is 0 Å². The molecular formula is C46H48N2OS3. The van der Waals surface area contributed by atoms with E-state index in [2.05, 4.69) is 105 Å². The van der Waals surface area contributed by atoms with Gasteiger partial charge in [-0.3, -0.25) is 4.79 Å². The van der Waals surface area contributed by atoms with Gasteiger partial charge in [0, 0.05) is 0 Å². The molecule has 52 heavy (non-hydrogen) atoms. The fourth-order valence-corrected chi connectivity index (χ4v) is 7.35. The number of nitriles is 1. The number of benzene rings is 6. The SMILES string of the molecule is CCC.N#CCSC(c1ccccc1)c1ccccc1.NC(=O)CSC(c1ccccc1)c1ccccc1.SC(c1ccccc1)c1ccccc1. The van der Waals surface area contributed by atoms with Crippen molar-refractivity contribution in [2.75, 3.05) is 11.5 Å². The van der Waals surface area contributed by atoms with Gasteiger partial charge in [-0.15, -0.1) is 23.5 Å². The highest BCUT2D eigenvalue weighted by Gasteiger charge is 2.15. The zero-order valence-electron chi connectivity index (χ0n) is 29.9. The number of nitrogens with zero attached hydrogens (tertiary/aromatic N) is 1. The molecule has 0 spiro atoms. The Hall–Kier alpha value is -4.67. The number of primary amides is 1. The quantitative estimate of drug-likeness (QED) is 0.130. The van der Waals surface area contributed by atoms with Crippen LogP contribution in [-0.2, 0) is 4.79 Å². The lowest BCUT2D eigenvalue weighted by atomic mass is 10.0. The Kier molecular flexibility index (Phi) is 20.3. The van der Waals surface area contributed by atoms with Crippen LogP contribution in [0.15, 0.2) is 182 Å². The fourth-order valence-electron chi connectivity index (χ4n) is 5.03. The molecule has 0 fully saturated rings. The first-order valence-electron chi connectivity index (χ1n) is 17.3. The second-order valence-corrected chi connectivity index (χ2v) is 14.3. The largest absolute Gasteiger partial charge is 0.369 e. The average Bonchev–Trinajstić information content (AvgIpc) is 3.21. The summed E-state index contributed by atoms with van der Waals surface area (Å²) in [5, 5.41) is 9.32. The molecule has 0 aromatic heterocycles. The van der Waals surface area contributed by atoms with Crippen LogP contribution < -0.4 is 5.73 Å². The van der Waals surface area contributed by atoms with Gasteiger partial charge in [-0.1, -0.05) is 202 Å². The first-order chi connectivity index (χ1) is 25.5.